The van der Waals surface area contributed by atoms with Gasteiger partial charge in [0, 0.05) is 38.9 Å². The molecule has 0 aliphatic carbocycles. The van der Waals surface area contributed by atoms with Crippen molar-refractivity contribution >= 4 is 40.0 Å². The van der Waals surface area contributed by atoms with Crippen molar-refractivity contribution in [3.8, 4) is 0 Å². The Morgan fingerprint density at radius 3 is 2.50 bits per heavy atom. The molecule has 0 fully saturated rings. The van der Waals surface area contributed by atoms with Crippen molar-refractivity contribution in [1.29, 1.82) is 0 Å². The molecule has 1 aromatic rings. The minimum absolute atomic E-state index is 0.159. The number of urea groups is 1. The molecule has 0 aliphatic heterocycles. The number of amides is 2. The Kier molecular flexibility index (Phi) is 6.79. The summed E-state index contributed by atoms with van der Waals surface area (Å²) in [5.74, 6) is 0.420. The summed E-state index contributed by atoms with van der Waals surface area (Å²) in [5.41, 5.74) is 0.790. The normalized spacial score (nSPS) is 15.2. The lowest BCUT2D eigenvalue weighted by molar-refractivity contribution is 0.235. The average molecular weight is 337 g/mol. The van der Waals surface area contributed by atoms with Crippen LogP contribution in [0.2, 0.25) is 10.0 Å². The summed E-state index contributed by atoms with van der Waals surface area (Å²) < 4.78 is 11.1. The molecule has 112 valence electrons. The molecule has 7 heteroatoms. The van der Waals surface area contributed by atoms with Gasteiger partial charge in [-0.1, -0.05) is 29.3 Å². The lowest BCUT2D eigenvalue weighted by Crippen LogP contribution is -2.43. The van der Waals surface area contributed by atoms with Crippen molar-refractivity contribution in [1.82, 2.24) is 10.6 Å². The zero-order chi connectivity index (χ0) is 15.3. The summed E-state index contributed by atoms with van der Waals surface area (Å²) in [6, 6.07) is 4.41. The molecule has 0 radical (unpaired) electrons. The summed E-state index contributed by atoms with van der Waals surface area (Å²) in [6.07, 6.45) is 1.60. The molecule has 0 aliphatic rings. The molecule has 0 spiro atoms. The maximum absolute atomic E-state index is 11.8. The van der Waals surface area contributed by atoms with Crippen LogP contribution in [0.5, 0.6) is 0 Å². The molecule has 0 saturated heterocycles. The molecule has 1 aromatic carbocycles. The van der Waals surface area contributed by atoms with Crippen LogP contribution >= 0.6 is 23.2 Å². The molecule has 2 amide bonds. The topological polar surface area (TPSA) is 58.2 Å². The van der Waals surface area contributed by atoms with E-state index in [1.165, 1.54) is 0 Å². The van der Waals surface area contributed by atoms with E-state index in [4.69, 9.17) is 23.2 Å². The predicted octanol–water partition coefficient (Wildman–Crippen LogP) is 3.12. The van der Waals surface area contributed by atoms with E-state index >= 15 is 0 Å². The van der Waals surface area contributed by atoms with Gasteiger partial charge in [0.2, 0.25) is 0 Å². The van der Waals surface area contributed by atoms with Gasteiger partial charge in [-0.2, -0.15) is 0 Å². The molecular formula is C13H18Cl2N2O2S. The smallest absolute Gasteiger partial charge is 0.315 e. The predicted molar refractivity (Wildman–Crippen MR) is 84.9 cm³/mol. The summed E-state index contributed by atoms with van der Waals surface area (Å²) in [7, 11) is -0.945. The molecule has 0 unspecified atom stereocenters. The van der Waals surface area contributed by atoms with Crippen molar-refractivity contribution in [3.63, 3.8) is 0 Å². The number of benzene rings is 1. The first-order chi connectivity index (χ1) is 9.29. The number of halogens is 2. The standard InChI is InChI=1S/C13H18Cl2N2O2S/c1-8(7-20(3)19)16-13(18)17-9(2)11-5-4-10(14)6-12(11)15/h4-6,8-9H,7H2,1-3H3,(H2,16,17,18)/t8-,9+,20+/m1/s1. The highest BCUT2D eigenvalue weighted by Gasteiger charge is 2.14. The van der Waals surface area contributed by atoms with Crippen LogP contribution in [0.1, 0.15) is 25.5 Å². The molecule has 0 aromatic heterocycles. The second-order valence-corrected chi connectivity index (χ2v) is 6.97. The Balaban J connectivity index is 2.59. The van der Waals surface area contributed by atoms with Crippen LogP contribution in [0.25, 0.3) is 0 Å². The van der Waals surface area contributed by atoms with E-state index in [2.05, 4.69) is 10.6 Å². The number of hydrogen-bond acceptors (Lipinski definition) is 2. The van der Waals surface area contributed by atoms with Crippen molar-refractivity contribution in [2.24, 2.45) is 0 Å². The summed E-state index contributed by atoms with van der Waals surface area (Å²) in [6.45, 7) is 3.64. The molecule has 20 heavy (non-hydrogen) atoms. The van der Waals surface area contributed by atoms with Crippen molar-refractivity contribution in [3.05, 3.63) is 33.8 Å². The Hall–Kier alpha value is -0.780. The molecule has 4 nitrogen and oxygen atoms in total. The Morgan fingerprint density at radius 2 is 1.95 bits per heavy atom. The van der Waals surface area contributed by atoms with E-state index in [9.17, 15) is 9.00 Å². The highest BCUT2D eigenvalue weighted by Crippen LogP contribution is 2.25. The average Bonchev–Trinajstić information content (AvgIpc) is 2.26. The van der Waals surface area contributed by atoms with Crippen LogP contribution in [-0.4, -0.2) is 28.3 Å². The lowest BCUT2D eigenvalue weighted by Gasteiger charge is -2.19. The summed E-state index contributed by atoms with van der Waals surface area (Å²) >= 11 is 11.9. The fourth-order valence-corrected chi connectivity index (χ4v) is 3.15. The van der Waals surface area contributed by atoms with Gasteiger partial charge in [0.1, 0.15) is 0 Å². The van der Waals surface area contributed by atoms with Crippen LogP contribution in [0, 0.1) is 0 Å². The van der Waals surface area contributed by atoms with Gasteiger partial charge in [0.05, 0.1) is 6.04 Å². The van der Waals surface area contributed by atoms with E-state index in [1.807, 2.05) is 6.92 Å². The van der Waals surface area contributed by atoms with Gasteiger partial charge >= 0.3 is 6.03 Å². The van der Waals surface area contributed by atoms with E-state index < -0.39 is 10.8 Å². The van der Waals surface area contributed by atoms with Gasteiger partial charge in [-0.3, -0.25) is 4.21 Å². The fourth-order valence-electron chi connectivity index (χ4n) is 1.79. The molecule has 3 atom stereocenters. The molecular weight excluding hydrogens is 319 g/mol. The number of carbonyl (C=O) groups excluding carboxylic acids is 1. The third-order valence-corrected chi connectivity index (χ3v) is 4.17. The van der Waals surface area contributed by atoms with Crippen LogP contribution < -0.4 is 10.6 Å². The fraction of sp³-hybridized carbons (Fsp3) is 0.462. The molecule has 2 N–H and O–H groups in total. The number of nitrogens with one attached hydrogen (secondary N) is 2. The monoisotopic (exact) mass is 336 g/mol. The van der Waals surface area contributed by atoms with Crippen LogP contribution in [-0.2, 0) is 10.8 Å². The van der Waals surface area contributed by atoms with Crippen LogP contribution in [0.4, 0.5) is 4.79 Å². The van der Waals surface area contributed by atoms with E-state index in [-0.39, 0.29) is 18.1 Å². The van der Waals surface area contributed by atoms with Gasteiger partial charge in [-0.15, -0.1) is 0 Å². The summed E-state index contributed by atoms with van der Waals surface area (Å²) in [5, 5.41) is 6.57. The largest absolute Gasteiger partial charge is 0.335 e. The second-order valence-electron chi connectivity index (χ2n) is 4.65. The van der Waals surface area contributed by atoms with Crippen molar-refractivity contribution in [2.75, 3.05) is 12.0 Å². The van der Waals surface area contributed by atoms with E-state index in [0.29, 0.717) is 15.8 Å². The lowest BCUT2D eigenvalue weighted by atomic mass is 10.1. The SMILES string of the molecule is C[C@H](C[S@](C)=O)NC(=O)N[C@@H](C)c1ccc(Cl)cc1Cl. The Morgan fingerprint density at radius 1 is 1.30 bits per heavy atom. The first-order valence-corrected chi connectivity index (χ1v) is 8.60. The maximum Gasteiger partial charge on any atom is 0.315 e. The molecule has 0 heterocycles. The van der Waals surface area contributed by atoms with Gasteiger partial charge in [0.15, 0.2) is 0 Å². The third-order valence-electron chi connectivity index (χ3n) is 2.64. The Labute approximate surface area is 131 Å². The van der Waals surface area contributed by atoms with Gasteiger partial charge in [0.25, 0.3) is 0 Å². The number of rotatable bonds is 5. The minimum Gasteiger partial charge on any atom is -0.335 e. The van der Waals surface area contributed by atoms with E-state index in [0.717, 1.165) is 5.56 Å². The Bertz CT molecular complexity index is 511. The maximum atomic E-state index is 11.8. The summed E-state index contributed by atoms with van der Waals surface area (Å²) in [4.78, 5) is 11.8. The van der Waals surface area contributed by atoms with Gasteiger partial charge in [-0.25, -0.2) is 4.79 Å². The second kappa shape index (κ2) is 7.86. The quantitative estimate of drug-likeness (QED) is 0.867. The van der Waals surface area contributed by atoms with Crippen LogP contribution in [0.15, 0.2) is 18.2 Å². The molecule has 1 rings (SSSR count). The zero-order valence-corrected chi connectivity index (χ0v) is 13.9. The first-order valence-electron chi connectivity index (χ1n) is 6.11. The van der Waals surface area contributed by atoms with Crippen molar-refractivity contribution < 1.29 is 9.00 Å². The van der Waals surface area contributed by atoms with E-state index in [1.54, 1.807) is 31.4 Å². The van der Waals surface area contributed by atoms with Crippen molar-refractivity contribution in [2.45, 2.75) is 25.9 Å². The van der Waals surface area contributed by atoms with Crippen LogP contribution in [0.3, 0.4) is 0 Å². The third kappa shape index (κ3) is 5.69. The van der Waals surface area contributed by atoms with Gasteiger partial charge in [-0.05, 0) is 31.5 Å². The van der Waals surface area contributed by atoms with Gasteiger partial charge < -0.3 is 10.6 Å². The zero-order valence-electron chi connectivity index (χ0n) is 11.6. The first kappa shape index (κ1) is 17.3. The minimum atomic E-state index is -0.945. The highest BCUT2D eigenvalue weighted by atomic mass is 35.5. The molecule has 0 bridgehead atoms. The highest BCUT2D eigenvalue weighted by molar-refractivity contribution is 7.84. The number of carbonyl (C=O) groups is 1. The molecule has 0 saturated carbocycles. The number of hydrogen-bond donors (Lipinski definition) is 2.